The van der Waals surface area contributed by atoms with Gasteiger partial charge in [0.05, 0.1) is 0 Å². The van der Waals surface area contributed by atoms with Crippen LogP contribution in [0.15, 0.2) is 42.0 Å². The maximum Gasteiger partial charge on any atom is 0.158 e. The van der Waals surface area contributed by atoms with Gasteiger partial charge in [0.25, 0.3) is 0 Å². The lowest BCUT2D eigenvalue weighted by Gasteiger charge is -2.46. The minimum absolute atomic E-state index is 0.334. The maximum absolute atomic E-state index is 12.9. The highest BCUT2D eigenvalue weighted by atomic mass is 16.1. The average molecular weight is 337 g/mol. The second-order valence-electron chi connectivity index (χ2n) is 8.58. The van der Waals surface area contributed by atoms with Crippen LogP contribution < -0.4 is 0 Å². The lowest BCUT2D eigenvalue weighted by atomic mass is 9.58. The Hall–Kier alpha value is -1.37. The molecule has 0 aromatic heterocycles. The van der Waals surface area contributed by atoms with Crippen molar-refractivity contribution in [2.75, 3.05) is 0 Å². The lowest BCUT2D eigenvalue weighted by Crippen LogP contribution is -2.38. The van der Waals surface area contributed by atoms with E-state index in [1.807, 2.05) is 0 Å². The zero-order valence-corrected chi connectivity index (χ0v) is 15.7. The van der Waals surface area contributed by atoms with Crippen LogP contribution in [0.3, 0.4) is 0 Å². The van der Waals surface area contributed by atoms with E-state index in [1.54, 1.807) is 0 Å². The second kappa shape index (κ2) is 7.09. The molecule has 4 rings (SSSR count). The molecule has 3 unspecified atom stereocenters. The van der Waals surface area contributed by atoms with Crippen molar-refractivity contribution in [3.63, 3.8) is 0 Å². The summed E-state index contributed by atoms with van der Waals surface area (Å²) in [5.74, 6) is 2.23. The first-order chi connectivity index (χ1) is 12.3. The third kappa shape index (κ3) is 2.80. The summed E-state index contributed by atoms with van der Waals surface area (Å²) in [7, 11) is 0. The Morgan fingerprint density at radius 3 is 2.52 bits per heavy atom. The van der Waals surface area contributed by atoms with Crippen LogP contribution in [0.2, 0.25) is 0 Å². The Kier molecular flexibility index (Phi) is 4.84. The molecule has 1 nitrogen and oxygen atoms in total. The van der Waals surface area contributed by atoms with E-state index in [0.29, 0.717) is 23.0 Å². The minimum Gasteiger partial charge on any atom is -0.295 e. The van der Waals surface area contributed by atoms with E-state index in [9.17, 15) is 4.79 Å². The van der Waals surface area contributed by atoms with E-state index >= 15 is 0 Å². The molecule has 0 aliphatic heterocycles. The number of allylic oxidation sites excluding steroid dienone is 2. The van der Waals surface area contributed by atoms with E-state index in [1.165, 1.54) is 62.5 Å². The van der Waals surface area contributed by atoms with Gasteiger partial charge in [-0.05, 0) is 60.5 Å². The molecule has 3 atom stereocenters. The molecule has 0 spiro atoms. The number of rotatable bonds is 5. The summed E-state index contributed by atoms with van der Waals surface area (Å²) >= 11 is 0. The SMILES string of the molecule is CCCC(=O)C1=CC(c2ccccc2)C2(C3CCCCC3)CCCC12. The molecule has 3 aliphatic rings. The van der Waals surface area contributed by atoms with Crippen LogP contribution in [0, 0.1) is 17.3 Å². The molecule has 2 fully saturated rings. The van der Waals surface area contributed by atoms with E-state index in [4.69, 9.17) is 0 Å². The molecule has 2 saturated carbocycles. The summed E-state index contributed by atoms with van der Waals surface area (Å²) in [5, 5.41) is 0. The molecular formula is C24H32O. The summed E-state index contributed by atoms with van der Waals surface area (Å²) < 4.78 is 0. The molecule has 0 radical (unpaired) electrons. The molecule has 3 aliphatic carbocycles. The van der Waals surface area contributed by atoms with E-state index in [2.05, 4.69) is 43.3 Å². The van der Waals surface area contributed by atoms with Crippen LogP contribution in [-0.2, 0) is 4.79 Å². The topological polar surface area (TPSA) is 17.1 Å². The summed E-state index contributed by atoms with van der Waals surface area (Å²) in [6, 6.07) is 11.1. The van der Waals surface area contributed by atoms with E-state index in [0.717, 1.165) is 18.8 Å². The normalized spacial score (nSPS) is 32.4. The van der Waals surface area contributed by atoms with Crippen LogP contribution in [0.5, 0.6) is 0 Å². The molecular weight excluding hydrogens is 304 g/mol. The van der Waals surface area contributed by atoms with Crippen LogP contribution in [0.25, 0.3) is 0 Å². The first-order valence-electron chi connectivity index (χ1n) is 10.6. The standard InChI is InChI=1S/C24H32O/c1-2-10-23(25)20-17-22(18-11-5-3-6-12-18)24(16-9-15-21(20)24)19-13-7-4-8-14-19/h3,5-6,11-12,17,19,21-22H,2,4,7-10,13-16H2,1H3. The third-order valence-corrected chi connectivity index (χ3v) is 7.38. The van der Waals surface area contributed by atoms with Crippen molar-refractivity contribution in [3.05, 3.63) is 47.5 Å². The largest absolute Gasteiger partial charge is 0.295 e. The quantitative estimate of drug-likeness (QED) is 0.604. The average Bonchev–Trinajstić information content (AvgIpc) is 3.22. The van der Waals surface area contributed by atoms with Gasteiger partial charge >= 0.3 is 0 Å². The summed E-state index contributed by atoms with van der Waals surface area (Å²) in [4.78, 5) is 12.9. The van der Waals surface area contributed by atoms with Crippen molar-refractivity contribution in [2.24, 2.45) is 17.3 Å². The molecule has 1 aromatic rings. The molecule has 0 saturated heterocycles. The van der Waals surface area contributed by atoms with Gasteiger partial charge in [-0.2, -0.15) is 0 Å². The van der Waals surface area contributed by atoms with Gasteiger partial charge in [-0.25, -0.2) is 0 Å². The van der Waals surface area contributed by atoms with Gasteiger partial charge in [-0.1, -0.05) is 69.0 Å². The van der Waals surface area contributed by atoms with Crippen molar-refractivity contribution < 1.29 is 4.79 Å². The molecule has 0 amide bonds. The van der Waals surface area contributed by atoms with Gasteiger partial charge < -0.3 is 0 Å². The van der Waals surface area contributed by atoms with Crippen molar-refractivity contribution in [1.29, 1.82) is 0 Å². The first kappa shape index (κ1) is 17.1. The number of fused-ring (bicyclic) bond motifs is 1. The first-order valence-corrected chi connectivity index (χ1v) is 10.6. The van der Waals surface area contributed by atoms with Crippen LogP contribution in [-0.4, -0.2) is 5.78 Å². The monoisotopic (exact) mass is 336 g/mol. The Morgan fingerprint density at radius 2 is 1.80 bits per heavy atom. The Bertz CT molecular complexity index is 637. The van der Waals surface area contributed by atoms with Crippen molar-refractivity contribution in [3.8, 4) is 0 Å². The third-order valence-electron chi connectivity index (χ3n) is 7.38. The van der Waals surface area contributed by atoms with Gasteiger partial charge in [0.2, 0.25) is 0 Å². The molecule has 1 heteroatoms. The number of hydrogen-bond acceptors (Lipinski definition) is 1. The number of hydrogen-bond donors (Lipinski definition) is 0. The van der Waals surface area contributed by atoms with Crippen molar-refractivity contribution in [2.45, 2.75) is 77.0 Å². The van der Waals surface area contributed by atoms with Gasteiger partial charge in [0.1, 0.15) is 0 Å². The molecule has 0 bridgehead atoms. The predicted octanol–water partition coefficient (Wildman–Crippen LogP) is 6.45. The van der Waals surface area contributed by atoms with E-state index < -0.39 is 0 Å². The van der Waals surface area contributed by atoms with Gasteiger partial charge in [0.15, 0.2) is 5.78 Å². The molecule has 134 valence electrons. The molecule has 25 heavy (non-hydrogen) atoms. The van der Waals surface area contributed by atoms with Crippen molar-refractivity contribution in [1.82, 2.24) is 0 Å². The van der Waals surface area contributed by atoms with E-state index in [-0.39, 0.29) is 0 Å². The Balaban J connectivity index is 1.77. The molecule has 0 heterocycles. The fraction of sp³-hybridized carbons (Fsp3) is 0.625. The minimum atomic E-state index is 0.334. The summed E-state index contributed by atoms with van der Waals surface area (Å²) in [5.41, 5.74) is 2.98. The lowest BCUT2D eigenvalue weighted by molar-refractivity contribution is -0.116. The number of Topliss-reactive ketones (excluding diaryl/α,β-unsaturated/α-hetero) is 1. The number of benzene rings is 1. The summed E-state index contributed by atoms with van der Waals surface area (Å²) in [6.45, 7) is 2.13. The maximum atomic E-state index is 12.9. The molecule has 1 aromatic carbocycles. The number of ketones is 1. The smallest absolute Gasteiger partial charge is 0.158 e. The highest BCUT2D eigenvalue weighted by Gasteiger charge is 2.57. The predicted molar refractivity (Wildman–Crippen MR) is 104 cm³/mol. The van der Waals surface area contributed by atoms with Crippen LogP contribution >= 0.6 is 0 Å². The van der Waals surface area contributed by atoms with Gasteiger partial charge in [-0.3, -0.25) is 4.79 Å². The Morgan fingerprint density at radius 1 is 1.04 bits per heavy atom. The second-order valence-corrected chi connectivity index (χ2v) is 8.58. The van der Waals surface area contributed by atoms with Gasteiger partial charge in [-0.15, -0.1) is 0 Å². The highest BCUT2D eigenvalue weighted by Crippen LogP contribution is 2.66. The zero-order valence-electron chi connectivity index (χ0n) is 15.7. The van der Waals surface area contributed by atoms with Crippen LogP contribution in [0.1, 0.15) is 82.6 Å². The fourth-order valence-electron chi connectivity index (χ4n) is 6.43. The summed E-state index contributed by atoms with van der Waals surface area (Å²) in [6.07, 6.45) is 14.9. The Labute approximate surface area is 152 Å². The van der Waals surface area contributed by atoms with Crippen molar-refractivity contribution >= 4 is 5.78 Å². The fourth-order valence-corrected chi connectivity index (χ4v) is 6.43. The number of carbonyl (C=O) groups excluding carboxylic acids is 1. The van der Waals surface area contributed by atoms with Gasteiger partial charge in [0, 0.05) is 12.3 Å². The zero-order chi connectivity index (χ0) is 17.3. The van der Waals surface area contributed by atoms with Crippen LogP contribution in [0.4, 0.5) is 0 Å². The number of carbonyl (C=O) groups is 1. The highest BCUT2D eigenvalue weighted by molar-refractivity contribution is 5.97. The molecule has 0 N–H and O–H groups in total.